The zero-order valence-electron chi connectivity index (χ0n) is 45.1. The lowest BCUT2D eigenvalue weighted by Gasteiger charge is -2.18. The second kappa shape index (κ2) is 56.7. The molecule has 6 heteroatoms. The average molecular weight is 952 g/mol. The van der Waals surface area contributed by atoms with Gasteiger partial charge >= 0.3 is 17.9 Å². The SMILES string of the molecule is CC/C=C\C/C=C\C/C=C\C/C=C\CCCCCCCCCCC(=O)OCC(COC(=O)CCCCCCCCCCCCC)OC(=O)CCCCCCCCC/C=C\CCCCCCCCC. The van der Waals surface area contributed by atoms with Gasteiger partial charge in [-0.15, -0.1) is 0 Å². The van der Waals surface area contributed by atoms with Crippen LogP contribution in [-0.4, -0.2) is 37.2 Å². The number of esters is 3. The minimum Gasteiger partial charge on any atom is -0.462 e. The summed E-state index contributed by atoms with van der Waals surface area (Å²) in [6, 6.07) is 0. The molecular weight excluding hydrogens is 841 g/mol. The van der Waals surface area contributed by atoms with Crippen LogP contribution in [0.4, 0.5) is 0 Å². The van der Waals surface area contributed by atoms with Gasteiger partial charge in [-0.05, 0) is 83.5 Å². The van der Waals surface area contributed by atoms with E-state index in [2.05, 4.69) is 81.5 Å². The van der Waals surface area contributed by atoms with Gasteiger partial charge in [0.15, 0.2) is 6.10 Å². The Labute approximate surface area is 421 Å². The quantitative estimate of drug-likeness (QED) is 0.0262. The standard InChI is InChI=1S/C62H110O6/c1-4-7-10-13-16-19-22-24-26-28-30-31-32-34-35-37-40-43-46-49-52-55-61(64)67-58-59(57-66-60(63)54-51-48-45-42-39-21-18-15-12-9-6-3)68-62(65)56-53-50-47-44-41-38-36-33-29-27-25-23-20-17-14-11-8-5-2/h7,10,16,19,24,26-27,29-31,59H,4-6,8-9,11-15,17-18,20-23,25,28,32-58H2,1-3H3/b10-7-,19-16-,26-24-,29-27-,31-30-. The Morgan fingerprint density at radius 1 is 0.309 bits per heavy atom. The van der Waals surface area contributed by atoms with Crippen molar-refractivity contribution in [3.8, 4) is 0 Å². The third-order valence-electron chi connectivity index (χ3n) is 12.8. The van der Waals surface area contributed by atoms with Crippen LogP contribution in [-0.2, 0) is 28.6 Å². The van der Waals surface area contributed by atoms with Gasteiger partial charge in [0.25, 0.3) is 0 Å². The summed E-state index contributed by atoms with van der Waals surface area (Å²) in [5.41, 5.74) is 0. The molecular formula is C62H110O6. The van der Waals surface area contributed by atoms with Crippen LogP contribution in [0.2, 0.25) is 0 Å². The molecule has 68 heavy (non-hydrogen) atoms. The fourth-order valence-electron chi connectivity index (χ4n) is 8.37. The van der Waals surface area contributed by atoms with Crippen molar-refractivity contribution in [2.24, 2.45) is 0 Å². The number of carbonyl (C=O) groups excluding carboxylic acids is 3. The number of carbonyl (C=O) groups is 3. The van der Waals surface area contributed by atoms with Crippen LogP contribution in [0.3, 0.4) is 0 Å². The highest BCUT2D eigenvalue weighted by Gasteiger charge is 2.19. The molecule has 0 aliphatic carbocycles. The van der Waals surface area contributed by atoms with Crippen molar-refractivity contribution in [1.82, 2.24) is 0 Å². The number of ether oxygens (including phenoxy) is 3. The van der Waals surface area contributed by atoms with E-state index >= 15 is 0 Å². The molecule has 0 fully saturated rings. The van der Waals surface area contributed by atoms with E-state index in [-0.39, 0.29) is 31.1 Å². The molecule has 0 radical (unpaired) electrons. The molecule has 0 bridgehead atoms. The Morgan fingerprint density at radius 3 is 0.912 bits per heavy atom. The lowest BCUT2D eigenvalue weighted by molar-refractivity contribution is -0.167. The van der Waals surface area contributed by atoms with E-state index in [1.165, 1.54) is 167 Å². The van der Waals surface area contributed by atoms with E-state index in [4.69, 9.17) is 14.2 Å². The highest BCUT2D eigenvalue weighted by atomic mass is 16.6. The molecule has 0 aromatic heterocycles. The first-order valence-corrected chi connectivity index (χ1v) is 29.3. The van der Waals surface area contributed by atoms with E-state index < -0.39 is 6.10 Å². The lowest BCUT2D eigenvalue weighted by Crippen LogP contribution is -2.30. The van der Waals surface area contributed by atoms with Gasteiger partial charge in [0.1, 0.15) is 13.2 Å². The van der Waals surface area contributed by atoms with Gasteiger partial charge in [0, 0.05) is 19.3 Å². The van der Waals surface area contributed by atoms with Gasteiger partial charge in [0.05, 0.1) is 0 Å². The van der Waals surface area contributed by atoms with Crippen molar-refractivity contribution in [3.63, 3.8) is 0 Å². The predicted molar refractivity (Wildman–Crippen MR) is 293 cm³/mol. The molecule has 1 unspecified atom stereocenters. The van der Waals surface area contributed by atoms with E-state index in [0.29, 0.717) is 19.3 Å². The third kappa shape index (κ3) is 54.1. The molecule has 0 aliphatic heterocycles. The smallest absolute Gasteiger partial charge is 0.306 e. The first-order valence-electron chi connectivity index (χ1n) is 29.3. The third-order valence-corrected chi connectivity index (χ3v) is 12.8. The monoisotopic (exact) mass is 951 g/mol. The maximum atomic E-state index is 12.9. The summed E-state index contributed by atoms with van der Waals surface area (Å²) in [7, 11) is 0. The van der Waals surface area contributed by atoms with E-state index in [1.54, 1.807) is 0 Å². The Morgan fingerprint density at radius 2 is 0.574 bits per heavy atom. The van der Waals surface area contributed by atoms with E-state index in [0.717, 1.165) is 89.9 Å². The zero-order chi connectivity index (χ0) is 49.3. The molecule has 0 saturated heterocycles. The summed E-state index contributed by atoms with van der Waals surface area (Å²) < 4.78 is 16.9. The Hall–Kier alpha value is -2.89. The number of allylic oxidation sites excluding steroid dienone is 10. The first kappa shape index (κ1) is 65.1. The molecule has 0 aromatic carbocycles. The minimum absolute atomic E-state index is 0.0758. The molecule has 0 saturated carbocycles. The predicted octanol–water partition coefficient (Wildman–Crippen LogP) is 19.6. The van der Waals surface area contributed by atoms with Gasteiger partial charge in [-0.25, -0.2) is 0 Å². The van der Waals surface area contributed by atoms with Gasteiger partial charge in [-0.2, -0.15) is 0 Å². The Bertz CT molecular complexity index is 1230. The molecule has 6 nitrogen and oxygen atoms in total. The summed E-state index contributed by atoms with van der Waals surface area (Å²) in [6.45, 7) is 6.54. The van der Waals surface area contributed by atoms with Crippen molar-refractivity contribution in [2.45, 2.75) is 303 Å². The minimum atomic E-state index is -0.778. The normalized spacial score (nSPS) is 12.5. The summed E-state index contributed by atoms with van der Waals surface area (Å²) in [4.78, 5) is 38.1. The van der Waals surface area contributed by atoms with Crippen molar-refractivity contribution in [3.05, 3.63) is 60.8 Å². The fourth-order valence-corrected chi connectivity index (χ4v) is 8.37. The molecule has 0 rings (SSSR count). The Kier molecular flexibility index (Phi) is 54.3. The van der Waals surface area contributed by atoms with Gasteiger partial charge < -0.3 is 14.2 Å². The first-order chi connectivity index (χ1) is 33.5. The maximum absolute atomic E-state index is 12.9. The zero-order valence-corrected chi connectivity index (χ0v) is 45.1. The number of hydrogen-bond donors (Lipinski definition) is 0. The molecule has 0 aliphatic rings. The summed E-state index contributed by atoms with van der Waals surface area (Å²) in [5.74, 6) is -0.877. The molecule has 0 aromatic rings. The van der Waals surface area contributed by atoms with Gasteiger partial charge in [-0.3, -0.25) is 14.4 Å². The second-order valence-corrected chi connectivity index (χ2v) is 19.5. The van der Waals surface area contributed by atoms with Crippen LogP contribution < -0.4 is 0 Å². The van der Waals surface area contributed by atoms with E-state index in [9.17, 15) is 14.4 Å². The van der Waals surface area contributed by atoms with Gasteiger partial charge in [0.2, 0.25) is 0 Å². The van der Waals surface area contributed by atoms with Crippen LogP contribution in [0.25, 0.3) is 0 Å². The van der Waals surface area contributed by atoms with Crippen molar-refractivity contribution < 1.29 is 28.6 Å². The van der Waals surface area contributed by atoms with Crippen LogP contribution in [0.15, 0.2) is 60.8 Å². The maximum Gasteiger partial charge on any atom is 0.306 e. The van der Waals surface area contributed by atoms with Crippen LogP contribution in [0, 0.1) is 0 Å². The largest absolute Gasteiger partial charge is 0.462 e. The van der Waals surface area contributed by atoms with Crippen molar-refractivity contribution >= 4 is 17.9 Å². The van der Waals surface area contributed by atoms with Crippen LogP contribution in [0.1, 0.15) is 297 Å². The number of unbranched alkanes of at least 4 members (excludes halogenated alkanes) is 32. The summed E-state index contributed by atoms with van der Waals surface area (Å²) in [6.07, 6.45) is 70.7. The summed E-state index contributed by atoms with van der Waals surface area (Å²) in [5, 5.41) is 0. The van der Waals surface area contributed by atoms with Crippen LogP contribution >= 0.6 is 0 Å². The summed E-state index contributed by atoms with van der Waals surface area (Å²) >= 11 is 0. The Balaban J connectivity index is 4.32. The van der Waals surface area contributed by atoms with E-state index in [1.807, 2.05) is 0 Å². The molecule has 394 valence electrons. The lowest BCUT2D eigenvalue weighted by atomic mass is 10.1. The fraction of sp³-hybridized carbons (Fsp3) is 0.790. The highest BCUT2D eigenvalue weighted by molar-refractivity contribution is 5.71. The molecule has 0 N–H and O–H groups in total. The highest BCUT2D eigenvalue weighted by Crippen LogP contribution is 2.16. The number of rotatable bonds is 53. The molecule has 0 amide bonds. The van der Waals surface area contributed by atoms with Crippen LogP contribution in [0.5, 0.6) is 0 Å². The molecule has 1 atom stereocenters. The average Bonchev–Trinajstić information content (AvgIpc) is 3.34. The second-order valence-electron chi connectivity index (χ2n) is 19.5. The topological polar surface area (TPSA) is 78.9 Å². The van der Waals surface area contributed by atoms with Gasteiger partial charge in [-0.1, -0.05) is 255 Å². The number of hydrogen-bond acceptors (Lipinski definition) is 6. The van der Waals surface area contributed by atoms with Crippen molar-refractivity contribution in [2.75, 3.05) is 13.2 Å². The molecule has 0 spiro atoms. The molecule has 0 heterocycles. The van der Waals surface area contributed by atoms with Crippen molar-refractivity contribution in [1.29, 1.82) is 0 Å².